The molecule has 1 amide bonds. The van der Waals surface area contributed by atoms with Crippen LogP contribution in [0.1, 0.15) is 25.3 Å². The van der Waals surface area contributed by atoms with Crippen molar-refractivity contribution in [1.29, 1.82) is 0 Å². The third-order valence-corrected chi connectivity index (χ3v) is 3.55. The molecule has 1 aromatic carbocycles. The lowest BCUT2D eigenvalue weighted by atomic mass is 9.99. The Morgan fingerprint density at radius 3 is 2.94 bits per heavy atom. The van der Waals surface area contributed by atoms with E-state index in [0.29, 0.717) is 5.02 Å². The van der Waals surface area contributed by atoms with Crippen LogP contribution < -0.4 is 10.6 Å². The van der Waals surface area contributed by atoms with Gasteiger partial charge in [0.05, 0.1) is 5.54 Å². The van der Waals surface area contributed by atoms with Crippen molar-refractivity contribution in [1.82, 2.24) is 5.32 Å². The predicted molar refractivity (Wildman–Crippen MR) is 70.5 cm³/mol. The molecular weight excluding hydrogens is 236 g/mol. The maximum Gasteiger partial charge on any atom is 0.244 e. The first-order valence-corrected chi connectivity index (χ1v) is 6.22. The zero-order valence-corrected chi connectivity index (χ0v) is 10.9. The van der Waals surface area contributed by atoms with E-state index in [-0.39, 0.29) is 5.91 Å². The number of hydrogen-bond donors (Lipinski definition) is 2. The molecule has 1 heterocycles. The molecule has 1 fully saturated rings. The topological polar surface area (TPSA) is 41.1 Å². The highest BCUT2D eigenvalue weighted by Gasteiger charge is 2.35. The molecular formula is C13H17ClN2O. The molecule has 0 bridgehead atoms. The second-order valence-electron chi connectivity index (χ2n) is 4.78. The zero-order valence-electron chi connectivity index (χ0n) is 10.1. The fraction of sp³-hybridized carbons (Fsp3) is 0.462. The van der Waals surface area contributed by atoms with Crippen LogP contribution in [0, 0.1) is 6.92 Å². The van der Waals surface area contributed by atoms with Gasteiger partial charge in [-0.15, -0.1) is 0 Å². The summed E-state index contributed by atoms with van der Waals surface area (Å²) in [6.45, 7) is 4.80. The minimum absolute atomic E-state index is 0.0142. The molecule has 17 heavy (non-hydrogen) atoms. The van der Waals surface area contributed by atoms with Crippen molar-refractivity contribution in [3.63, 3.8) is 0 Å². The van der Waals surface area contributed by atoms with Crippen molar-refractivity contribution in [3.8, 4) is 0 Å². The van der Waals surface area contributed by atoms with E-state index in [9.17, 15) is 4.79 Å². The average Bonchev–Trinajstić information content (AvgIpc) is 2.72. The normalized spacial score (nSPS) is 23.7. The number of rotatable bonds is 2. The number of amides is 1. The van der Waals surface area contributed by atoms with Crippen molar-refractivity contribution in [2.24, 2.45) is 0 Å². The van der Waals surface area contributed by atoms with Gasteiger partial charge in [-0.3, -0.25) is 4.79 Å². The predicted octanol–water partition coefficient (Wildman–Crippen LogP) is 2.73. The number of carbonyl (C=O) groups is 1. The lowest BCUT2D eigenvalue weighted by Crippen LogP contribution is -2.48. The van der Waals surface area contributed by atoms with E-state index in [2.05, 4.69) is 10.6 Å². The molecule has 92 valence electrons. The SMILES string of the molecule is Cc1ccc(Cl)cc1NC(=O)C1(C)CCCN1. The van der Waals surface area contributed by atoms with Crippen molar-refractivity contribution in [2.45, 2.75) is 32.2 Å². The van der Waals surface area contributed by atoms with Gasteiger partial charge in [-0.05, 0) is 50.9 Å². The molecule has 1 aliphatic rings. The summed E-state index contributed by atoms with van der Waals surface area (Å²) >= 11 is 5.93. The third kappa shape index (κ3) is 2.61. The smallest absolute Gasteiger partial charge is 0.244 e. The Labute approximate surface area is 107 Å². The first kappa shape index (κ1) is 12.4. The van der Waals surface area contributed by atoms with Crippen LogP contribution >= 0.6 is 11.6 Å². The van der Waals surface area contributed by atoms with Crippen LogP contribution in [0.3, 0.4) is 0 Å². The highest BCUT2D eigenvalue weighted by molar-refractivity contribution is 6.31. The molecule has 0 radical (unpaired) electrons. The van der Waals surface area contributed by atoms with Gasteiger partial charge in [0.2, 0.25) is 5.91 Å². The van der Waals surface area contributed by atoms with Crippen molar-refractivity contribution >= 4 is 23.2 Å². The van der Waals surface area contributed by atoms with Crippen LogP contribution in [-0.4, -0.2) is 18.0 Å². The summed E-state index contributed by atoms with van der Waals surface area (Å²) in [5, 5.41) is 6.82. The number of benzene rings is 1. The molecule has 4 heteroatoms. The average molecular weight is 253 g/mol. The molecule has 1 saturated heterocycles. The Morgan fingerprint density at radius 1 is 1.53 bits per heavy atom. The van der Waals surface area contributed by atoms with Crippen LogP contribution in [0.4, 0.5) is 5.69 Å². The van der Waals surface area contributed by atoms with Crippen LogP contribution in [0.25, 0.3) is 0 Å². The maximum absolute atomic E-state index is 12.2. The first-order chi connectivity index (χ1) is 8.01. The molecule has 1 atom stereocenters. The fourth-order valence-corrected chi connectivity index (χ4v) is 2.25. The maximum atomic E-state index is 12.2. The van der Waals surface area contributed by atoms with Gasteiger partial charge >= 0.3 is 0 Å². The fourth-order valence-electron chi connectivity index (χ4n) is 2.08. The molecule has 2 N–H and O–H groups in total. The number of nitrogens with one attached hydrogen (secondary N) is 2. The van der Waals surface area contributed by atoms with Gasteiger partial charge in [-0.2, -0.15) is 0 Å². The first-order valence-electron chi connectivity index (χ1n) is 5.84. The Bertz CT molecular complexity index is 439. The number of carbonyl (C=O) groups excluding carboxylic acids is 1. The molecule has 2 rings (SSSR count). The van der Waals surface area contributed by atoms with Gasteiger partial charge in [0.1, 0.15) is 0 Å². The van der Waals surface area contributed by atoms with E-state index in [4.69, 9.17) is 11.6 Å². The van der Waals surface area contributed by atoms with E-state index in [1.54, 1.807) is 6.07 Å². The summed E-state index contributed by atoms with van der Waals surface area (Å²) < 4.78 is 0. The van der Waals surface area contributed by atoms with Gasteiger partial charge in [-0.25, -0.2) is 0 Å². The minimum atomic E-state index is -0.450. The highest BCUT2D eigenvalue weighted by Crippen LogP contribution is 2.24. The number of hydrogen-bond acceptors (Lipinski definition) is 2. The third-order valence-electron chi connectivity index (χ3n) is 3.32. The summed E-state index contributed by atoms with van der Waals surface area (Å²) in [4.78, 5) is 12.2. The number of anilines is 1. The molecule has 0 aliphatic carbocycles. The Morgan fingerprint density at radius 2 is 2.29 bits per heavy atom. The van der Waals surface area contributed by atoms with E-state index >= 15 is 0 Å². The zero-order chi connectivity index (χ0) is 12.5. The lowest BCUT2D eigenvalue weighted by Gasteiger charge is -2.23. The van der Waals surface area contributed by atoms with Crippen molar-refractivity contribution < 1.29 is 4.79 Å². The van der Waals surface area contributed by atoms with Gasteiger partial charge in [0.15, 0.2) is 0 Å². The van der Waals surface area contributed by atoms with E-state index in [0.717, 1.165) is 30.6 Å². The Balaban J connectivity index is 2.15. The summed E-state index contributed by atoms with van der Waals surface area (Å²) in [5.74, 6) is 0.0142. The van der Waals surface area contributed by atoms with E-state index in [1.165, 1.54) is 0 Å². The van der Waals surface area contributed by atoms with E-state index < -0.39 is 5.54 Å². The summed E-state index contributed by atoms with van der Waals surface area (Å²) in [6, 6.07) is 5.51. The standard InChI is InChI=1S/C13H17ClN2O/c1-9-4-5-10(14)8-11(9)16-12(17)13(2)6-3-7-15-13/h4-5,8,15H,3,6-7H2,1-2H3,(H,16,17). The lowest BCUT2D eigenvalue weighted by molar-refractivity contribution is -0.121. The van der Waals surface area contributed by atoms with Gasteiger partial charge in [0, 0.05) is 10.7 Å². The molecule has 0 aromatic heterocycles. The number of halogens is 1. The summed E-state index contributed by atoms with van der Waals surface area (Å²) in [6.07, 6.45) is 1.91. The summed E-state index contributed by atoms with van der Waals surface area (Å²) in [7, 11) is 0. The van der Waals surface area contributed by atoms with Crippen molar-refractivity contribution in [3.05, 3.63) is 28.8 Å². The second-order valence-corrected chi connectivity index (χ2v) is 5.21. The molecule has 1 aromatic rings. The molecule has 1 unspecified atom stereocenters. The largest absolute Gasteiger partial charge is 0.324 e. The Hall–Kier alpha value is -1.06. The van der Waals surface area contributed by atoms with Crippen LogP contribution in [0.2, 0.25) is 5.02 Å². The molecule has 1 aliphatic heterocycles. The molecule has 0 saturated carbocycles. The number of aryl methyl sites for hydroxylation is 1. The monoisotopic (exact) mass is 252 g/mol. The van der Waals surface area contributed by atoms with Crippen LogP contribution in [0.15, 0.2) is 18.2 Å². The van der Waals surface area contributed by atoms with Gasteiger partial charge in [0.25, 0.3) is 0 Å². The van der Waals surface area contributed by atoms with Crippen LogP contribution in [-0.2, 0) is 4.79 Å². The van der Waals surface area contributed by atoms with Gasteiger partial charge < -0.3 is 10.6 Å². The minimum Gasteiger partial charge on any atom is -0.324 e. The van der Waals surface area contributed by atoms with Crippen LogP contribution in [0.5, 0.6) is 0 Å². The van der Waals surface area contributed by atoms with Crippen molar-refractivity contribution in [2.75, 3.05) is 11.9 Å². The highest BCUT2D eigenvalue weighted by atomic mass is 35.5. The quantitative estimate of drug-likeness (QED) is 0.850. The second kappa shape index (κ2) is 4.67. The molecule has 0 spiro atoms. The Kier molecular flexibility index (Phi) is 3.40. The van der Waals surface area contributed by atoms with E-state index in [1.807, 2.05) is 26.0 Å². The summed E-state index contributed by atoms with van der Waals surface area (Å²) in [5.41, 5.74) is 1.36. The van der Waals surface area contributed by atoms with Gasteiger partial charge in [-0.1, -0.05) is 17.7 Å². The molecule has 3 nitrogen and oxygen atoms in total.